The third-order valence-corrected chi connectivity index (χ3v) is 3.75. The number of rotatable bonds is 5. The summed E-state index contributed by atoms with van der Waals surface area (Å²) in [6, 6.07) is 1.53. The molecule has 2 atom stereocenters. The molecule has 9 heteroatoms. The zero-order valence-electron chi connectivity index (χ0n) is 11.6. The van der Waals surface area contributed by atoms with E-state index in [2.05, 4.69) is 4.98 Å². The minimum atomic E-state index is -0.712. The molecule has 0 radical (unpaired) electrons. The van der Waals surface area contributed by atoms with Gasteiger partial charge in [-0.2, -0.15) is 4.98 Å². The van der Waals surface area contributed by atoms with E-state index in [9.17, 15) is 9.59 Å². The van der Waals surface area contributed by atoms with Gasteiger partial charge in [0.15, 0.2) is 0 Å². The van der Waals surface area contributed by atoms with E-state index in [-0.39, 0.29) is 17.9 Å². The normalized spacial score (nSPS) is 21.2. The fourth-order valence-electron chi connectivity index (χ4n) is 1.68. The molecule has 1 aliphatic heterocycles. The zero-order valence-corrected chi connectivity index (χ0v) is 12.4. The van der Waals surface area contributed by atoms with E-state index in [0.29, 0.717) is 12.4 Å². The first-order valence-corrected chi connectivity index (χ1v) is 7.56. The lowest BCUT2D eigenvalue weighted by atomic mass is 10.5. The van der Waals surface area contributed by atoms with Crippen LogP contribution in [0.1, 0.15) is 19.6 Å². The van der Waals surface area contributed by atoms with Crippen molar-refractivity contribution in [2.45, 2.75) is 25.0 Å². The van der Waals surface area contributed by atoms with Gasteiger partial charge in [-0.1, -0.05) is 6.92 Å². The van der Waals surface area contributed by atoms with E-state index in [0.717, 1.165) is 6.42 Å². The summed E-state index contributed by atoms with van der Waals surface area (Å²) in [5.41, 5.74) is 4.63. The minimum absolute atomic E-state index is 0.0703. The van der Waals surface area contributed by atoms with E-state index in [1.807, 2.05) is 6.92 Å². The molecule has 0 spiro atoms. The summed E-state index contributed by atoms with van der Waals surface area (Å²) in [5.74, 6) is 0.726. The fourth-order valence-corrected chi connectivity index (χ4v) is 2.67. The van der Waals surface area contributed by atoms with Crippen LogP contribution in [0.3, 0.4) is 0 Å². The first kappa shape index (κ1) is 15.6. The summed E-state index contributed by atoms with van der Waals surface area (Å²) >= 11 is 1.45. The molecule has 2 heterocycles. The average molecular weight is 315 g/mol. The molecule has 0 amide bonds. The largest absolute Gasteiger partial charge is 0.508 e. The molecular weight excluding hydrogens is 298 g/mol. The van der Waals surface area contributed by atoms with E-state index < -0.39 is 18.1 Å². The van der Waals surface area contributed by atoms with Crippen LogP contribution in [0.5, 0.6) is 0 Å². The van der Waals surface area contributed by atoms with E-state index in [1.54, 1.807) is 0 Å². The Morgan fingerprint density at radius 1 is 1.62 bits per heavy atom. The van der Waals surface area contributed by atoms with Gasteiger partial charge in [-0.25, -0.2) is 9.59 Å². The highest BCUT2D eigenvalue weighted by atomic mass is 32.2. The van der Waals surface area contributed by atoms with Gasteiger partial charge in [-0.15, -0.1) is 11.8 Å². The summed E-state index contributed by atoms with van der Waals surface area (Å²) in [7, 11) is 0. The summed E-state index contributed by atoms with van der Waals surface area (Å²) in [6.07, 6.45) is 1.11. The van der Waals surface area contributed by atoms with Crippen LogP contribution in [0.15, 0.2) is 17.1 Å². The Balaban J connectivity index is 1.83. The van der Waals surface area contributed by atoms with E-state index in [4.69, 9.17) is 19.9 Å². The van der Waals surface area contributed by atoms with Crippen LogP contribution in [0, 0.1) is 0 Å². The maximum Gasteiger partial charge on any atom is 0.508 e. The van der Waals surface area contributed by atoms with Crippen LogP contribution in [0.25, 0.3) is 0 Å². The number of ether oxygens (including phenoxy) is 3. The highest BCUT2D eigenvalue weighted by Crippen LogP contribution is 2.31. The van der Waals surface area contributed by atoms with E-state index in [1.165, 1.54) is 28.6 Å². The number of carbonyl (C=O) groups is 1. The van der Waals surface area contributed by atoms with Gasteiger partial charge in [0.25, 0.3) is 0 Å². The Kier molecular flexibility index (Phi) is 5.45. The Morgan fingerprint density at radius 2 is 2.43 bits per heavy atom. The maximum absolute atomic E-state index is 11.7. The molecule has 21 heavy (non-hydrogen) atoms. The molecule has 1 aromatic rings. The number of hydrogen-bond donors (Lipinski definition) is 1. The Morgan fingerprint density at radius 3 is 3.14 bits per heavy atom. The van der Waals surface area contributed by atoms with Crippen molar-refractivity contribution < 1.29 is 19.0 Å². The average Bonchev–Trinajstić information content (AvgIpc) is 2.91. The Labute approximate surface area is 125 Å². The summed E-state index contributed by atoms with van der Waals surface area (Å²) in [6.45, 7) is 2.29. The van der Waals surface area contributed by atoms with Crippen molar-refractivity contribution in [3.63, 3.8) is 0 Å². The van der Waals surface area contributed by atoms with Gasteiger partial charge >= 0.3 is 11.8 Å². The summed E-state index contributed by atoms with van der Waals surface area (Å²) in [5, 5.41) is 0. The van der Waals surface area contributed by atoms with Gasteiger partial charge in [-0.3, -0.25) is 4.57 Å². The monoisotopic (exact) mass is 315 g/mol. The van der Waals surface area contributed by atoms with Crippen LogP contribution in [0.4, 0.5) is 10.6 Å². The van der Waals surface area contributed by atoms with E-state index >= 15 is 0 Å². The molecule has 0 saturated carbocycles. The number of carbonyl (C=O) groups excluding carboxylic acids is 1. The molecule has 1 saturated heterocycles. The maximum atomic E-state index is 11.7. The summed E-state index contributed by atoms with van der Waals surface area (Å²) in [4.78, 5) is 26.6. The molecule has 0 unspecified atom stereocenters. The molecule has 0 bridgehead atoms. The predicted molar refractivity (Wildman–Crippen MR) is 76.9 cm³/mol. The second-order valence-corrected chi connectivity index (χ2v) is 5.50. The van der Waals surface area contributed by atoms with Gasteiger partial charge in [0.05, 0.1) is 6.61 Å². The molecule has 1 aliphatic rings. The Hall–Kier alpha value is -1.74. The third-order valence-electron chi connectivity index (χ3n) is 2.66. The number of aromatic nitrogens is 2. The third kappa shape index (κ3) is 4.36. The highest BCUT2D eigenvalue weighted by Gasteiger charge is 2.29. The quantitative estimate of drug-likeness (QED) is 0.801. The minimum Gasteiger partial charge on any atom is -0.434 e. The van der Waals surface area contributed by atoms with Crippen LogP contribution in [-0.4, -0.2) is 40.1 Å². The SMILES string of the molecule is CCCOC(=O)OC[C@H]1O[C@@H](n2ccc(N)nc2=O)CS1. The lowest BCUT2D eigenvalue weighted by molar-refractivity contribution is -0.0237. The van der Waals surface area contributed by atoms with Gasteiger partial charge in [0, 0.05) is 11.9 Å². The fraction of sp³-hybridized carbons (Fsp3) is 0.583. The van der Waals surface area contributed by atoms with Crippen LogP contribution >= 0.6 is 11.8 Å². The summed E-state index contributed by atoms with van der Waals surface area (Å²) < 4.78 is 16.7. The van der Waals surface area contributed by atoms with Crippen molar-refractivity contribution in [2.75, 3.05) is 24.7 Å². The Bertz CT molecular complexity index is 550. The number of nitrogen functional groups attached to an aromatic ring is 1. The molecular formula is C12H17N3O5S. The first-order chi connectivity index (χ1) is 10.1. The number of hydrogen-bond acceptors (Lipinski definition) is 8. The van der Waals surface area contributed by atoms with Crippen molar-refractivity contribution in [3.05, 3.63) is 22.7 Å². The molecule has 1 fully saturated rings. The smallest absolute Gasteiger partial charge is 0.434 e. The molecule has 0 aliphatic carbocycles. The first-order valence-electron chi connectivity index (χ1n) is 6.51. The number of thioether (sulfide) groups is 1. The molecule has 0 aromatic carbocycles. The predicted octanol–water partition coefficient (Wildman–Crippen LogP) is 0.977. The zero-order chi connectivity index (χ0) is 15.2. The second-order valence-electron chi connectivity index (χ2n) is 4.31. The molecule has 2 N–H and O–H groups in total. The highest BCUT2D eigenvalue weighted by molar-refractivity contribution is 8.00. The standard InChI is InChI=1S/C12H17N3O5S/c1-2-5-18-12(17)19-6-10-20-9(7-21-10)15-4-3-8(13)14-11(15)16/h3-4,9-10H,2,5-7H2,1H3,(H2,13,14,16)/t9-,10+/m1/s1. The molecule has 1 aromatic heterocycles. The van der Waals surface area contributed by atoms with Crippen molar-refractivity contribution >= 4 is 23.7 Å². The van der Waals surface area contributed by atoms with Gasteiger partial charge in [0.1, 0.15) is 24.1 Å². The second kappa shape index (κ2) is 7.32. The molecule has 116 valence electrons. The van der Waals surface area contributed by atoms with Gasteiger partial charge in [-0.05, 0) is 12.5 Å². The van der Waals surface area contributed by atoms with Crippen molar-refractivity contribution in [3.8, 4) is 0 Å². The lowest BCUT2D eigenvalue weighted by Gasteiger charge is -2.14. The van der Waals surface area contributed by atoms with Gasteiger partial charge in [0.2, 0.25) is 0 Å². The lowest BCUT2D eigenvalue weighted by Crippen LogP contribution is -2.29. The number of nitrogens with two attached hydrogens (primary N) is 1. The number of anilines is 1. The van der Waals surface area contributed by atoms with Crippen molar-refractivity contribution in [1.82, 2.24) is 9.55 Å². The van der Waals surface area contributed by atoms with Crippen LogP contribution < -0.4 is 11.4 Å². The topological polar surface area (TPSA) is 106 Å². The van der Waals surface area contributed by atoms with Crippen LogP contribution in [0.2, 0.25) is 0 Å². The molecule has 8 nitrogen and oxygen atoms in total. The van der Waals surface area contributed by atoms with Crippen molar-refractivity contribution in [1.29, 1.82) is 0 Å². The number of nitrogens with zero attached hydrogens (tertiary/aromatic N) is 2. The van der Waals surface area contributed by atoms with Crippen molar-refractivity contribution in [2.24, 2.45) is 0 Å². The molecule has 2 rings (SSSR count). The van der Waals surface area contributed by atoms with Gasteiger partial charge < -0.3 is 19.9 Å². The van der Waals surface area contributed by atoms with Crippen LogP contribution in [-0.2, 0) is 14.2 Å².